The van der Waals surface area contributed by atoms with E-state index in [0.717, 1.165) is 31.1 Å². The second-order valence-corrected chi connectivity index (χ2v) is 5.42. The van der Waals surface area contributed by atoms with Gasteiger partial charge in [0.15, 0.2) is 0 Å². The van der Waals surface area contributed by atoms with Crippen LogP contribution in [0.4, 0.5) is 4.39 Å². The van der Waals surface area contributed by atoms with Crippen LogP contribution in [0.1, 0.15) is 19.8 Å². The van der Waals surface area contributed by atoms with Gasteiger partial charge in [-0.05, 0) is 31.8 Å². The Kier molecular flexibility index (Phi) is 4.76. The van der Waals surface area contributed by atoms with Gasteiger partial charge in [-0.15, -0.1) is 6.58 Å². The van der Waals surface area contributed by atoms with Crippen molar-refractivity contribution in [1.82, 2.24) is 0 Å². The summed E-state index contributed by atoms with van der Waals surface area (Å²) in [5, 5.41) is 14.5. The predicted octanol–water partition coefficient (Wildman–Crippen LogP) is 3.15. The smallest absolute Gasteiger partial charge is 0.336 e. The average molecular weight is 303 g/mol. The predicted molar refractivity (Wildman–Crippen MR) is 73.2 cm³/mol. The van der Waals surface area contributed by atoms with Gasteiger partial charge in [0.25, 0.3) is 0 Å². The van der Waals surface area contributed by atoms with E-state index < -0.39 is 28.1 Å². The fraction of sp³-hybridized carbons (Fsp3) is 0.429. The molecule has 2 aliphatic rings. The highest BCUT2D eigenvalue weighted by molar-refractivity contribution is 6.30. The van der Waals surface area contributed by atoms with E-state index in [0.29, 0.717) is 0 Å². The van der Waals surface area contributed by atoms with Crippen molar-refractivity contribution in [1.29, 1.82) is 0 Å². The highest BCUT2D eigenvalue weighted by atomic mass is 35.5. The lowest BCUT2D eigenvalue weighted by Crippen LogP contribution is -2.47. The van der Waals surface area contributed by atoms with Crippen molar-refractivity contribution in [3.05, 3.63) is 36.5 Å². The maximum absolute atomic E-state index is 14.0. The lowest BCUT2D eigenvalue weighted by Gasteiger charge is -2.34. The summed E-state index contributed by atoms with van der Waals surface area (Å²) >= 11 is 5.39. The van der Waals surface area contributed by atoms with Crippen LogP contribution in [0.3, 0.4) is 0 Å². The normalized spacial score (nSPS) is 31.6. The van der Waals surface area contributed by atoms with Gasteiger partial charge >= 0.3 is 11.9 Å². The molecule has 0 aliphatic heterocycles. The molecular formula is C14H16ClFO4. The molecule has 6 heteroatoms. The number of allylic oxidation sites excluding steroid dienone is 3. The van der Waals surface area contributed by atoms with Crippen molar-refractivity contribution in [3.8, 4) is 0 Å². The minimum Gasteiger partial charge on any atom is -0.480 e. The van der Waals surface area contributed by atoms with E-state index in [-0.39, 0.29) is 0 Å². The number of hydrogen-bond donors (Lipinski definition) is 2. The number of rotatable bonds is 3. The van der Waals surface area contributed by atoms with Crippen LogP contribution in [-0.4, -0.2) is 27.3 Å². The molecule has 2 rings (SSSR count). The minimum atomic E-state index is -2.96. The first-order valence-corrected chi connectivity index (χ1v) is 6.41. The molecule has 2 N–H and O–H groups in total. The Morgan fingerprint density at radius 1 is 1.50 bits per heavy atom. The maximum atomic E-state index is 14.0. The number of alkyl halides is 2. The molecule has 0 saturated heterocycles. The topological polar surface area (TPSA) is 74.6 Å². The molecule has 4 nitrogen and oxygen atoms in total. The number of halogens is 2. The summed E-state index contributed by atoms with van der Waals surface area (Å²) < 4.78 is 14.0. The third kappa shape index (κ3) is 3.10. The molecule has 0 spiro atoms. The Labute approximate surface area is 121 Å². The quantitative estimate of drug-likeness (QED) is 0.620. The molecule has 1 saturated carbocycles. The zero-order chi connectivity index (χ0) is 15.6. The molecule has 0 aromatic rings. The summed E-state index contributed by atoms with van der Waals surface area (Å²) in [4.78, 5) is 21.5. The van der Waals surface area contributed by atoms with Crippen LogP contribution in [0, 0.1) is 11.3 Å². The van der Waals surface area contributed by atoms with Gasteiger partial charge in [0.2, 0.25) is 5.13 Å². The van der Waals surface area contributed by atoms with Crippen LogP contribution in [0.25, 0.3) is 0 Å². The van der Waals surface area contributed by atoms with Crippen molar-refractivity contribution < 1.29 is 24.2 Å². The second-order valence-electron chi connectivity index (χ2n) is 4.90. The zero-order valence-electron chi connectivity index (χ0n) is 11.0. The van der Waals surface area contributed by atoms with Gasteiger partial charge in [-0.3, -0.25) is 4.79 Å². The van der Waals surface area contributed by atoms with Crippen LogP contribution < -0.4 is 0 Å². The van der Waals surface area contributed by atoms with Gasteiger partial charge in [-0.2, -0.15) is 0 Å². The monoisotopic (exact) mass is 302 g/mol. The molecule has 0 aromatic heterocycles. The molecule has 0 bridgehead atoms. The average Bonchev–Trinajstić information content (AvgIpc) is 3.16. The van der Waals surface area contributed by atoms with Gasteiger partial charge in [-0.25, -0.2) is 9.18 Å². The fourth-order valence-electron chi connectivity index (χ4n) is 1.57. The Morgan fingerprint density at radius 3 is 2.35 bits per heavy atom. The summed E-state index contributed by atoms with van der Waals surface area (Å²) in [5.41, 5.74) is -2.87. The number of carbonyl (C=O) groups is 2. The molecule has 2 aliphatic carbocycles. The van der Waals surface area contributed by atoms with E-state index in [4.69, 9.17) is 21.8 Å². The highest BCUT2D eigenvalue weighted by Crippen LogP contribution is 2.47. The van der Waals surface area contributed by atoms with Crippen LogP contribution >= 0.6 is 11.6 Å². The lowest BCUT2D eigenvalue weighted by atomic mass is 9.77. The van der Waals surface area contributed by atoms with Crippen LogP contribution in [-0.2, 0) is 9.59 Å². The van der Waals surface area contributed by atoms with Crippen molar-refractivity contribution in [2.24, 2.45) is 11.3 Å². The third-order valence-electron chi connectivity index (χ3n) is 3.31. The molecule has 110 valence electrons. The molecule has 0 amide bonds. The van der Waals surface area contributed by atoms with Gasteiger partial charge in [-0.1, -0.05) is 29.8 Å². The van der Waals surface area contributed by atoms with Crippen molar-refractivity contribution in [2.75, 3.05) is 0 Å². The molecular weight excluding hydrogens is 287 g/mol. The van der Waals surface area contributed by atoms with Gasteiger partial charge < -0.3 is 10.2 Å². The van der Waals surface area contributed by atoms with E-state index >= 15 is 0 Å². The molecule has 0 radical (unpaired) electrons. The molecule has 0 aromatic carbocycles. The second kappa shape index (κ2) is 5.79. The minimum absolute atomic E-state index is 0.781. The third-order valence-corrected chi connectivity index (χ3v) is 3.91. The lowest BCUT2D eigenvalue weighted by molar-refractivity contribution is -0.149. The summed E-state index contributed by atoms with van der Waals surface area (Å²) in [7, 11) is 0. The number of hydrogen-bond acceptors (Lipinski definition) is 2. The van der Waals surface area contributed by atoms with Crippen molar-refractivity contribution >= 4 is 23.5 Å². The zero-order valence-corrected chi connectivity index (χ0v) is 11.7. The first kappa shape index (κ1) is 16.4. The summed E-state index contributed by atoms with van der Waals surface area (Å²) in [5.74, 6) is -2.21. The summed E-state index contributed by atoms with van der Waals surface area (Å²) in [6, 6.07) is 0. The first-order chi connectivity index (χ1) is 9.16. The molecule has 2 unspecified atom stereocenters. The summed E-state index contributed by atoms with van der Waals surface area (Å²) in [6.45, 7) is 4.65. The highest BCUT2D eigenvalue weighted by Gasteiger charge is 2.57. The first-order valence-electron chi connectivity index (χ1n) is 6.04. The Balaban J connectivity index is 0.000000333. The van der Waals surface area contributed by atoms with Crippen LogP contribution in [0.15, 0.2) is 36.5 Å². The standard InChI is InChI=1S/C9H8ClFO4.C5H8/c1-8(7(14)15)4-2-3-5(6(12)13)9(8,10)11;1-2-5-3-4-5/h2-4H,1H3,(H,12,13)(H,14,15);2,5H,1,3-4H2. The SMILES string of the molecule is C=CC1CC1.CC1(C(=O)O)C=CC=C(C(=O)O)C1(F)Cl. The Bertz CT molecular complexity index is 491. The maximum Gasteiger partial charge on any atom is 0.336 e. The van der Waals surface area contributed by atoms with E-state index in [1.54, 1.807) is 0 Å². The van der Waals surface area contributed by atoms with E-state index in [2.05, 4.69) is 6.58 Å². The van der Waals surface area contributed by atoms with Crippen molar-refractivity contribution in [2.45, 2.75) is 24.9 Å². The number of carboxylic acids is 2. The van der Waals surface area contributed by atoms with E-state index in [1.165, 1.54) is 12.8 Å². The number of carboxylic acid groups (broad SMARTS) is 2. The molecule has 2 atom stereocenters. The Hall–Kier alpha value is -1.62. The largest absolute Gasteiger partial charge is 0.480 e. The van der Waals surface area contributed by atoms with Crippen LogP contribution in [0.2, 0.25) is 0 Å². The molecule has 1 fully saturated rings. The van der Waals surface area contributed by atoms with Gasteiger partial charge in [0.05, 0.1) is 5.57 Å². The molecule has 0 heterocycles. The van der Waals surface area contributed by atoms with E-state index in [9.17, 15) is 14.0 Å². The molecule has 20 heavy (non-hydrogen) atoms. The number of aliphatic carboxylic acids is 2. The van der Waals surface area contributed by atoms with Crippen LogP contribution in [0.5, 0.6) is 0 Å². The van der Waals surface area contributed by atoms with E-state index in [1.807, 2.05) is 6.08 Å². The van der Waals surface area contributed by atoms with Gasteiger partial charge in [0, 0.05) is 0 Å². The fourth-order valence-corrected chi connectivity index (χ4v) is 1.86. The summed E-state index contributed by atoms with van der Waals surface area (Å²) in [6.07, 6.45) is 7.94. The van der Waals surface area contributed by atoms with Gasteiger partial charge in [0.1, 0.15) is 5.41 Å². The Morgan fingerprint density at radius 2 is 2.05 bits per heavy atom. The van der Waals surface area contributed by atoms with Crippen molar-refractivity contribution in [3.63, 3.8) is 0 Å².